The Morgan fingerprint density at radius 2 is 1.77 bits per heavy atom. The summed E-state index contributed by atoms with van der Waals surface area (Å²) < 4.78 is 17.0. The number of anilines is 2. The van der Waals surface area contributed by atoms with E-state index in [1.54, 1.807) is 0 Å². The molecule has 0 spiro atoms. The van der Waals surface area contributed by atoms with E-state index in [1.165, 1.54) is 0 Å². The lowest BCUT2D eigenvalue weighted by atomic mass is 10.0. The summed E-state index contributed by atoms with van der Waals surface area (Å²) >= 11 is 0. The number of nitrogens with zero attached hydrogens (tertiary/aromatic N) is 4. The molecular weight excluding hydrogens is 506 g/mol. The van der Waals surface area contributed by atoms with Crippen molar-refractivity contribution in [3.8, 4) is 5.75 Å². The molecule has 2 aliphatic heterocycles. The summed E-state index contributed by atoms with van der Waals surface area (Å²) in [6, 6.07) is 21.4. The van der Waals surface area contributed by atoms with E-state index in [2.05, 4.69) is 20.4 Å². The first-order valence-corrected chi connectivity index (χ1v) is 13.7. The molecule has 1 amide bonds. The van der Waals surface area contributed by atoms with Crippen molar-refractivity contribution in [1.82, 2.24) is 10.2 Å². The summed E-state index contributed by atoms with van der Waals surface area (Å²) in [6.45, 7) is 3.49. The van der Waals surface area contributed by atoms with E-state index in [0.29, 0.717) is 29.7 Å². The van der Waals surface area contributed by atoms with Crippen molar-refractivity contribution in [1.29, 1.82) is 0 Å². The molecule has 202 valence electrons. The summed E-state index contributed by atoms with van der Waals surface area (Å²) in [5.41, 5.74) is 6.47. The van der Waals surface area contributed by atoms with Gasteiger partial charge in [-0.2, -0.15) is 0 Å². The van der Waals surface area contributed by atoms with Crippen LogP contribution in [0.25, 0.3) is 0 Å². The van der Waals surface area contributed by atoms with E-state index in [-0.39, 0.29) is 12.5 Å². The van der Waals surface area contributed by atoms with Gasteiger partial charge in [0.1, 0.15) is 5.75 Å². The molecule has 9 nitrogen and oxygen atoms in total. The smallest absolute Gasteiger partial charge is 0.255 e. The molecule has 0 unspecified atom stereocenters. The number of fused-ring (bicyclic) bond motifs is 1. The number of carbonyl (C=O) groups excluding carboxylic acids is 1. The Bertz CT molecular complexity index is 1550. The van der Waals surface area contributed by atoms with Crippen LogP contribution in [0.5, 0.6) is 5.75 Å². The van der Waals surface area contributed by atoms with E-state index in [0.717, 1.165) is 78.8 Å². The predicted octanol–water partition coefficient (Wildman–Crippen LogP) is 5.29. The minimum atomic E-state index is -0.144. The fraction of sp³-hybridized carbons (Fsp3) is 0.290. The Kier molecular flexibility index (Phi) is 6.49. The molecule has 1 saturated heterocycles. The van der Waals surface area contributed by atoms with Crippen LogP contribution in [0.3, 0.4) is 0 Å². The average molecular weight is 536 g/mol. The number of nitrogens with one attached hydrogen (secondary N) is 1. The lowest BCUT2D eigenvalue weighted by Crippen LogP contribution is -2.36. The fourth-order valence-electron chi connectivity index (χ4n) is 4.99. The Hall–Kier alpha value is -4.50. The molecule has 0 atom stereocenters. The van der Waals surface area contributed by atoms with Gasteiger partial charge in [0, 0.05) is 42.4 Å². The minimum absolute atomic E-state index is 0.144. The molecule has 0 radical (unpaired) electrons. The van der Waals surface area contributed by atoms with Crippen molar-refractivity contribution in [3.05, 3.63) is 95.2 Å². The van der Waals surface area contributed by atoms with Gasteiger partial charge in [-0.3, -0.25) is 9.79 Å². The average Bonchev–Trinajstić information content (AvgIpc) is 3.59. The maximum absolute atomic E-state index is 12.9. The Morgan fingerprint density at radius 3 is 2.55 bits per heavy atom. The summed E-state index contributed by atoms with van der Waals surface area (Å²) in [4.78, 5) is 19.9. The number of amides is 1. The van der Waals surface area contributed by atoms with Crippen LogP contribution in [-0.4, -0.2) is 48.1 Å². The van der Waals surface area contributed by atoms with Gasteiger partial charge in [0.25, 0.3) is 11.8 Å². The summed E-state index contributed by atoms with van der Waals surface area (Å²) in [6.07, 6.45) is 2.94. The second-order valence-electron chi connectivity index (χ2n) is 10.3. The number of rotatable bonds is 8. The first kappa shape index (κ1) is 24.5. The highest BCUT2D eigenvalue weighted by Crippen LogP contribution is 2.39. The predicted molar refractivity (Wildman–Crippen MR) is 151 cm³/mol. The third-order valence-corrected chi connectivity index (χ3v) is 7.42. The standard InChI is InChI=1S/C31H29N5O4/c37-30(32-24-7-9-25(10-8-24)36-13-15-38-16-14-36)21-3-1-20(2-4-21)28-18-23-17-26(11-12-27(23)33-28)39-19-29-34-35-31(40-29)22-5-6-22/h1-4,7-12,17,22H,5-6,13-16,18-19H2,(H,32,37). The lowest BCUT2D eigenvalue weighted by molar-refractivity contribution is 0.102. The molecule has 2 fully saturated rings. The van der Waals surface area contributed by atoms with Crippen LogP contribution < -0.4 is 15.0 Å². The van der Waals surface area contributed by atoms with Gasteiger partial charge in [0.2, 0.25) is 5.89 Å². The van der Waals surface area contributed by atoms with Gasteiger partial charge >= 0.3 is 0 Å². The third-order valence-electron chi connectivity index (χ3n) is 7.42. The van der Waals surface area contributed by atoms with Crippen molar-refractivity contribution in [2.75, 3.05) is 36.5 Å². The Morgan fingerprint density at radius 1 is 0.975 bits per heavy atom. The topological polar surface area (TPSA) is 102 Å². The van der Waals surface area contributed by atoms with E-state index >= 15 is 0 Å². The SMILES string of the molecule is O=C(Nc1ccc(N2CCOCC2)cc1)c1ccc(C2=Nc3ccc(OCc4nnc(C5CC5)o4)cc3C2)cc1. The molecule has 3 aromatic carbocycles. The summed E-state index contributed by atoms with van der Waals surface area (Å²) in [5, 5.41) is 11.2. The number of aromatic nitrogens is 2. The Labute approximate surface area is 231 Å². The van der Waals surface area contributed by atoms with Gasteiger partial charge in [-0.05, 0) is 78.6 Å². The van der Waals surface area contributed by atoms with Crippen LogP contribution in [0.2, 0.25) is 0 Å². The molecular formula is C31H29N5O4. The number of hydrogen-bond acceptors (Lipinski definition) is 8. The van der Waals surface area contributed by atoms with Crippen molar-refractivity contribution in [3.63, 3.8) is 0 Å². The molecule has 9 heteroatoms. The highest BCUT2D eigenvalue weighted by Gasteiger charge is 2.29. The van der Waals surface area contributed by atoms with Crippen molar-refractivity contribution in [2.24, 2.45) is 4.99 Å². The number of ether oxygens (including phenoxy) is 2. The van der Waals surface area contributed by atoms with E-state index in [1.807, 2.05) is 66.7 Å². The quantitative estimate of drug-likeness (QED) is 0.327. The van der Waals surface area contributed by atoms with Gasteiger partial charge in [0.05, 0.1) is 24.6 Å². The van der Waals surface area contributed by atoms with E-state index in [9.17, 15) is 4.79 Å². The molecule has 3 heterocycles. The van der Waals surface area contributed by atoms with Gasteiger partial charge in [-0.1, -0.05) is 12.1 Å². The van der Waals surface area contributed by atoms with Crippen LogP contribution in [-0.2, 0) is 17.8 Å². The number of hydrogen-bond donors (Lipinski definition) is 1. The largest absolute Gasteiger partial charge is 0.484 e. The molecule has 1 aliphatic carbocycles. The number of benzene rings is 3. The van der Waals surface area contributed by atoms with Gasteiger partial charge in [-0.15, -0.1) is 10.2 Å². The first-order valence-electron chi connectivity index (χ1n) is 13.7. The molecule has 1 N–H and O–H groups in total. The van der Waals surface area contributed by atoms with Crippen molar-refractivity contribution < 1.29 is 18.7 Å². The molecule has 0 bridgehead atoms. The monoisotopic (exact) mass is 535 g/mol. The lowest BCUT2D eigenvalue weighted by Gasteiger charge is -2.28. The summed E-state index contributed by atoms with van der Waals surface area (Å²) in [7, 11) is 0. The Balaban J connectivity index is 0.947. The minimum Gasteiger partial charge on any atom is -0.484 e. The highest BCUT2D eigenvalue weighted by atomic mass is 16.5. The van der Waals surface area contributed by atoms with Crippen LogP contribution in [0.4, 0.5) is 17.1 Å². The van der Waals surface area contributed by atoms with Crippen LogP contribution in [0, 0.1) is 0 Å². The van der Waals surface area contributed by atoms with Crippen LogP contribution >= 0.6 is 0 Å². The number of aliphatic imine (C=N–C) groups is 1. The fourth-order valence-corrected chi connectivity index (χ4v) is 4.99. The van der Waals surface area contributed by atoms with Crippen molar-refractivity contribution in [2.45, 2.75) is 31.8 Å². The zero-order valence-electron chi connectivity index (χ0n) is 22.0. The number of carbonyl (C=O) groups is 1. The molecule has 1 saturated carbocycles. The molecule has 3 aliphatic rings. The molecule has 7 rings (SSSR count). The second-order valence-corrected chi connectivity index (χ2v) is 10.3. The van der Waals surface area contributed by atoms with Crippen molar-refractivity contribution >= 4 is 28.7 Å². The van der Waals surface area contributed by atoms with Gasteiger partial charge < -0.3 is 24.1 Å². The second kappa shape index (κ2) is 10.6. The zero-order chi connectivity index (χ0) is 26.9. The van der Waals surface area contributed by atoms with Crippen LogP contribution in [0.15, 0.2) is 76.1 Å². The van der Waals surface area contributed by atoms with E-state index in [4.69, 9.17) is 18.9 Å². The van der Waals surface area contributed by atoms with E-state index < -0.39 is 0 Å². The molecule has 4 aromatic rings. The highest BCUT2D eigenvalue weighted by molar-refractivity contribution is 6.08. The molecule has 40 heavy (non-hydrogen) atoms. The summed E-state index contributed by atoms with van der Waals surface area (Å²) in [5.74, 6) is 2.24. The first-order chi connectivity index (χ1) is 19.7. The van der Waals surface area contributed by atoms with Gasteiger partial charge in [-0.25, -0.2) is 0 Å². The zero-order valence-corrected chi connectivity index (χ0v) is 22.0. The normalized spacial score (nSPS) is 16.4. The third kappa shape index (κ3) is 5.33. The maximum Gasteiger partial charge on any atom is 0.255 e. The molecule has 1 aromatic heterocycles. The number of morpholine rings is 1. The maximum atomic E-state index is 12.9. The van der Waals surface area contributed by atoms with Gasteiger partial charge in [0.15, 0.2) is 6.61 Å². The van der Waals surface area contributed by atoms with Crippen LogP contribution in [0.1, 0.15) is 52.0 Å².